The minimum Gasteiger partial charge on any atom is -0.299 e. The molecule has 0 bridgehead atoms. The molecule has 0 aliphatic rings. The van der Waals surface area contributed by atoms with Crippen LogP contribution in [0.2, 0.25) is 0 Å². The summed E-state index contributed by atoms with van der Waals surface area (Å²) < 4.78 is 0. The summed E-state index contributed by atoms with van der Waals surface area (Å²) >= 11 is 0. The van der Waals surface area contributed by atoms with Crippen molar-refractivity contribution in [2.24, 2.45) is 23.7 Å². The first-order valence-corrected chi connectivity index (χ1v) is 6.32. The summed E-state index contributed by atoms with van der Waals surface area (Å²) in [4.78, 5) is 23.7. The van der Waals surface area contributed by atoms with E-state index in [0.717, 1.165) is 6.42 Å². The van der Waals surface area contributed by atoms with Crippen molar-refractivity contribution in [2.75, 3.05) is 0 Å². The Kier molecular flexibility index (Phi) is 6.54. The van der Waals surface area contributed by atoms with Gasteiger partial charge >= 0.3 is 0 Å². The standard InChI is InChI=1S/C14H26O2/c1-9(2)7-12(14(16)11(5)6)8-13(15)10(3)4/h9-12H,7-8H2,1-6H3. The van der Waals surface area contributed by atoms with Crippen LogP contribution in [0.3, 0.4) is 0 Å². The molecular formula is C14H26O2. The molecule has 0 amide bonds. The SMILES string of the molecule is CC(C)CC(CC(=O)C(C)C)C(=O)C(C)C. The lowest BCUT2D eigenvalue weighted by Gasteiger charge is -2.20. The Bertz CT molecular complexity index is 239. The van der Waals surface area contributed by atoms with Crippen LogP contribution >= 0.6 is 0 Å². The molecule has 0 aromatic heterocycles. The van der Waals surface area contributed by atoms with E-state index in [9.17, 15) is 9.59 Å². The fraction of sp³-hybridized carbons (Fsp3) is 0.857. The predicted molar refractivity (Wildman–Crippen MR) is 67.3 cm³/mol. The Morgan fingerprint density at radius 3 is 1.69 bits per heavy atom. The van der Waals surface area contributed by atoms with Crippen LogP contribution in [0.25, 0.3) is 0 Å². The molecule has 0 heterocycles. The summed E-state index contributed by atoms with van der Waals surface area (Å²) in [6.07, 6.45) is 1.25. The second kappa shape index (κ2) is 6.82. The molecule has 0 aromatic rings. The molecule has 1 atom stereocenters. The first kappa shape index (κ1) is 15.3. The van der Waals surface area contributed by atoms with Crippen molar-refractivity contribution >= 4 is 11.6 Å². The molecule has 0 radical (unpaired) electrons. The summed E-state index contributed by atoms with van der Waals surface area (Å²) in [5.41, 5.74) is 0. The second-order valence-corrected chi connectivity index (χ2v) is 5.71. The third kappa shape index (κ3) is 5.43. The van der Waals surface area contributed by atoms with Gasteiger partial charge in [-0.05, 0) is 12.3 Å². The molecule has 94 valence electrons. The van der Waals surface area contributed by atoms with Crippen molar-refractivity contribution in [1.82, 2.24) is 0 Å². The average Bonchev–Trinajstić information content (AvgIpc) is 2.14. The zero-order valence-electron chi connectivity index (χ0n) is 11.5. The molecule has 2 heteroatoms. The Morgan fingerprint density at radius 1 is 0.875 bits per heavy atom. The lowest BCUT2D eigenvalue weighted by Crippen LogP contribution is -2.25. The van der Waals surface area contributed by atoms with Gasteiger partial charge in [-0.1, -0.05) is 41.5 Å². The van der Waals surface area contributed by atoms with Gasteiger partial charge in [-0.15, -0.1) is 0 Å². The predicted octanol–water partition coefficient (Wildman–Crippen LogP) is 3.49. The molecule has 0 aromatic carbocycles. The van der Waals surface area contributed by atoms with Crippen molar-refractivity contribution < 1.29 is 9.59 Å². The Morgan fingerprint density at radius 2 is 1.38 bits per heavy atom. The maximum absolute atomic E-state index is 12.0. The highest BCUT2D eigenvalue weighted by atomic mass is 16.1. The fourth-order valence-electron chi connectivity index (χ4n) is 1.82. The molecule has 1 unspecified atom stereocenters. The van der Waals surface area contributed by atoms with Crippen molar-refractivity contribution in [1.29, 1.82) is 0 Å². The molecule has 0 N–H and O–H groups in total. The van der Waals surface area contributed by atoms with Gasteiger partial charge in [0.15, 0.2) is 0 Å². The number of hydrogen-bond acceptors (Lipinski definition) is 2. The van der Waals surface area contributed by atoms with Crippen LogP contribution in [0, 0.1) is 23.7 Å². The molecule has 2 nitrogen and oxygen atoms in total. The highest BCUT2D eigenvalue weighted by Gasteiger charge is 2.25. The smallest absolute Gasteiger partial charge is 0.138 e. The Balaban J connectivity index is 4.55. The van der Waals surface area contributed by atoms with Crippen LogP contribution in [0.1, 0.15) is 54.4 Å². The molecule has 16 heavy (non-hydrogen) atoms. The van der Waals surface area contributed by atoms with Crippen molar-refractivity contribution in [3.63, 3.8) is 0 Å². The first-order valence-electron chi connectivity index (χ1n) is 6.32. The number of rotatable bonds is 7. The van der Waals surface area contributed by atoms with Crippen molar-refractivity contribution in [3.8, 4) is 0 Å². The van der Waals surface area contributed by atoms with E-state index >= 15 is 0 Å². The summed E-state index contributed by atoms with van der Waals surface area (Å²) in [5.74, 6) is 0.906. The van der Waals surface area contributed by atoms with Gasteiger partial charge in [0, 0.05) is 24.2 Å². The van der Waals surface area contributed by atoms with Gasteiger partial charge in [0.05, 0.1) is 0 Å². The summed E-state index contributed by atoms with van der Waals surface area (Å²) in [7, 11) is 0. The molecule has 0 fully saturated rings. The fourth-order valence-corrected chi connectivity index (χ4v) is 1.82. The van der Waals surface area contributed by atoms with E-state index in [1.54, 1.807) is 0 Å². The van der Waals surface area contributed by atoms with Crippen LogP contribution < -0.4 is 0 Å². The number of hydrogen-bond donors (Lipinski definition) is 0. The quantitative estimate of drug-likeness (QED) is 0.666. The van der Waals surface area contributed by atoms with Gasteiger partial charge in [-0.2, -0.15) is 0 Å². The van der Waals surface area contributed by atoms with Crippen LogP contribution in [0.5, 0.6) is 0 Å². The third-order valence-corrected chi connectivity index (χ3v) is 2.82. The van der Waals surface area contributed by atoms with Gasteiger partial charge in [-0.3, -0.25) is 9.59 Å². The lowest BCUT2D eigenvalue weighted by molar-refractivity contribution is -0.131. The van der Waals surface area contributed by atoms with E-state index in [2.05, 4.69) is 13.8 Å². The maximum atomic E-state index is 12.0. The van der Waals surface area contributed by atoms with E-state index in [1.807, 2.05) is 27.7 Å². The van der Waals surface area contributed by atoms with Gasteiger partial charge in [0.2, 0.25) is 0 Å². The van der Waals surface area contributed by atoms with Crippen molar-refractivity contribution in [2.45, 2.75) is 54.4 Å². The minimum atomic E-state index is -0.0742. The number of carbonyl (C=O) groups is 2. The largest absolute Gasteiger partial charge is 0.299 e. The molecule has 0 aliphatic carbocycles. The van der Waals surface area contributed by atoms with Gasteiger partial charge in [-0.25, -0.2) is 0 Å². The highest BCUT2D eigenvalue weighted by Crippen LogP contribution is 2.22. The number of carbonyl (C=O) groups excluding carboxylic acids is 2. The van der Waals surface area contributed by atoms with Crippen molar-refractivity contribution in [3.05, 3.63) is 0 Å². The van der Waals surface area contributed by atoms with Crippen LogP contribution in [0.4, 0.5) is 0 Å². The normalized spacial score (nSPS) is 13.6. The summed E-state index contributed by atoms with van der Waals surface area (Å²) in [6, 6.07) is 0. The van der Waals surface area contributed by atoms with E-state index in [0.29, 0.717) is 12.3 Å². The Labute approximate surface area is 99.8 Å². The van der Waals surface area contributed by atoms with E-state index < -0.39 is 0 Å². The van der Waals surface area contributed by atoms with Gasteiger partial charge in [0.25, 0.3) is 0 Å². The topological polar surface area (TPSA) is 34.1 Å². The van der Waals surface area contributed by atoms with Crippen LogP contribution in [0.15, 0.2) is 0 Å². The second-order valence-electron chi connectivity index (χ2n) is 5.71. The summed E-state index contributed by atoms with van der Waals surface area (Å²) in [5, 5.41) is 0. The van der Waals surface area contributed by atoms with Gasteiger partial charge in [0.1, 0.15) is 11.6 Å². The third-order valence-electron chi connectivity index (χ3n) is 2.82. The van der Waals surface area contributed by atoms with E-state index in [1.165, 1.54) is 0 Å². The zero-order chi connectivity index (χ0) is 12.9. The van der Waals surface area contributed by atoms with E-state index in [4.69, 9.17) is 0 Å². The minimum absolute atomic E-state index is 0.0312. The maximum Gasteiger partial charge on any atom is 0.138 e. The summed E-state index contributed by atoms with van der Waals surface area (Å²) in [6.45, 7) is 11.8. The van der Waals surface area contributed by atoms with Crippen LogP contribution in [-0.2, 0) is 9.59 Å². The highest BCUT2D eigenvalue weighted by molar-refractivity contribution is 5.89. The number of Topliss-reactive ketones (excluding diaryl/α,β-unsaturated/α-hetero) is 2. The molecule has 0 rings (SSSR count). The monoisotopic (exact) mass is 226 g/mol. The lowest BCUT2D eigenvalue weighted by atomic mass is 9.83. The molecule has 0 spiro atoms. The zero-order valence-corrected chi connectivity index (χ0v) is 11.5. The average molecular weight is 226 g/mol. The molecular weight excluding hydrogens is 200 g/mol. The number of ketones is 2. The molecule has 0 saturated carbocycles. The molecule has 0 aliphatic heterocycles. The van der Waals surface area contributed by atoms with Gasteiger partial charge < -0.3 is 0 Å². The van der Waals surface area contributed by atoms with Crippen LogP contribution in [-0.4, -0.2) is 11.6 Å². The van der Waals surface area contributed by atoms with E-state index in [-0.39, 0.29) is 29.3 Å². The Hall–Kier alpha value is -0.660. The molecule has 0 saturated heterocycles. The first-order chi connectivity index (χ1) is 7.25.